The zero-order valence-electron chi connectivity index (χ0n) is 12.4. The Morgan fingerprint density at radius 2 is 1.72 bits per heavy atom. The number of hydrogen-bond donors (Lipinski definition) is 0. The molecule has 2 unspecified atom stereocenters. The average Bonchev–Trinajstić information content (AvgIpc) is 2.89. The maximum atomic E-state index is 9.21. The Balaban J connectivity index is 2.45. The molecule has 0 heterocycles. The highest BCUT2D eigenvalue weighted by Gasteiger charge is 2.52. The summed E-state index contributed by atoms with van der Waals surface area (Å²) in [6, 6.07) is 7.07. The van der Waals surface area contributed by atoms with Gasteiger partial charge in [-0.05, 0) is 54.9 Å². The molecule has 0 radical (unpaired) electrons. The highest BCUT2D eigenvalue weighted by molar-refractivity contribution is 5.47. The van der Waals surface area contributed by atoms with Crippen LogP contribution < -0.4 is 0 Å². The zero-order chi connectivity index (χ0) is 13.7. The highest BCUT2D eigenvalue weighted by atomic mass is 14.6. The fourth-order valence-electron chi connectivity index (χ4n) is 2.87. The molecule has 0 aromatic heterocycles. The summed E-state index contributed by atoms with van der Waals surface area (Å²) in [6.07, 6.45) is 1.01. The van der Waals surface area contributed by atoms with Crippen molar-refractivity contribution in [1.29, 1.82) is 5.26 Å². The molecule has 0 N–H and O–H groups in total. The molecule has 1 aliphatic rings. The van der Waals surface area contributed by atoms with Crippen molar-refractivity contribution in [3.05, 3.63) is 34.4 Å². The third kappa shape index (κ3) is 2.05. The number of rotatable bonds is 1. The lowest BCUT2D eigenvalue weighted by molar-refractivity contribution is 0.588. The molecule has 0 bridgehead atoms. The van der Waals surface area contributed by atoms with Crippen LogP contribution in [0.2, 0.25) is 0 Å². The molecule has 0 spiro atoms. The summed E-state index contributed by atoms with van der Waals surface area (Å²) in [5.41, 5.74) is 5.56. The zero-order valence-corrected chi connectivity index (χ0v) is 12.4. The van der Waals surface area contributed by atoms with E-state index >= 15 is 0 Å². The molecule has 1 aliphatic carbocycles. The Morgan fingerprint density at radius 1 is 1.22 bits per heavy atom. The monoisotopic (exact) mass is 241 g/mol. The maximum Gasteiger partial charge on any atom is 0.0693 e. The van der Waals surface area contributed by atoms with Gasteiger partial charge in [0.25, 0.3) is 0 Å². The van der Waals surface area contributed by atoms with Gasteiger partial charge < -0.3 is 0 Å². The van der Waals surface area contributed by atoms with Gasteiger partial charge >= 0.3 is 0 Å². The molecule has 18 heavy (non-hydrogen) atoms. The van der Waals surface area contributed by atoms with E-state index in [-0.39, 0.29) is 10.8 Å². The first kappa shape index (κ1) is 13.1. The molecule has 1 aromatic rings. The van der Waals surface area contributed by atoms with E-state index in [4.69, 9.17) is 0 Å². The molecule has 1 fully saturated rings. The van der Waals surface area contributed by atoms with Gasteiger partial charge in [-0.1, -0.05) is 32.9 Å². The largest absolute Gasteiger partial charge is 0.198 e. The van der Waals surface area contributed by atoms with Gasteiger partial charge in [0.05, 0.1) is 11.5 Å². The van der Waals surface area contributed by atoms with E-state index in [2.05, 4.69) is 59.7 Å². The van der Waals surface area contributed by atoms with Crippen LogP contribution in [-0.4, -0.2) is 0 Å². The standard InChI is InChI=1S/C17H23N/c1-11-7-13(16(3,4)5)8-12(2)15(11)14-9-17(14,6)10-18/h7-8,14H,9H2,1-6H3. The van der Waals surface area contributed by atoms with Gasteiger partial charge in [-0.3, -0.25) is 0 Å². The second kappa shape index (κ2) is 3.85. The Kier molecular flexibility index (Phi) is 2.81. The van der Waals surface area contributed by atoms with Crippen LogP contribution in [-0.2, 0) is 5.41 Å². The number of hydrogen-bond acceptors (Lipinski definition) is 1. The SMILES string of the molecule is Cc1cc(C(C)(C)C)cc(C)c1C1CC1(C)C#N. The topological polar surface area (TPSA) is 23.8 Å². The molecule has 0 aliphatic heterocycles. The Hall–Kier alpha value is -1.29. The second-order valence-corrected chi connectivity index (χ2v) is 7.06. The number of benzene rings is 1. The fourth-order valence-corrected chi connectivity index (χ4v) is 2.87. The lowest BCUT2D eigenvalue weighted by Gasteiger charge is -2.22. The minimum Gasteiger partial charge on any atom is -0.198 e. The van der Waals surface area contributed by atoms with E-state index in [9.17, 15) is 5.26 Å². The van der Waals surface area contributed by atoms with Crippen LogP contribution >= 0.6 is 0 Å². The first-order valence-electron chi connectivity index (χ1n) is 6.72. The molecular weight excluding hydrogens is 218 g/mol. The predicted octanol–water partition coefficient (Wildman–Crippen LogP) is 4.62. The van der Waals surface area contributed by atoms with Crippen LogP contribution in [0.5, 0.6) is 0 Å². The normalized spacial score (nSPS) is 26.8. The van der Waals surface area contributed by atoms with E-state index in [1.165, 1.54) is 22.3 Å². The molecule has 2 rings (SSSR count). The Labute approximate surface area is 111 Å². The van der Waals surface area contributed by atoms with E-state index in [1.807, 2.05) is 0 Å². The smallest absolute Gasteiger partial charge is 0.0693 e. The summed E-state index contributed by atoms with van der Waals surface area (Å²) in [4.78, 5) is 0. The van der Waals surface area contributed by atoms with Gasteiger partial charge in [0.1, 0.15) is 0 Å². The number of nitriles is 1. The van der Waals surface area contributed by atoms with Crippen molar-refractivity contribution < 1.29 is 0 Å². The fraction of sp³-hybridized carbons (Fsp3) is 0.588. The quantitative estimate of drug-likeness (QED) is 0.704. The van der Waals surface area contributed by atoms with Crippen molar-refractivity contribution in [3.63, 3.8) is 0 Å². The summed E-state index contributed by atoms with van der Waals surface area (Å²) in [5.74, 6) is 0.441. The molecule has 1 saturated carbocycles. The third-order valence-electron chi connectivity index (χ3n) is 4.30. The summed E-state index contributed by atoms with van der Waals surface area (Å²) < 4.78 is 0. The van der Waals surface area contributed by atoms with Crippen molar-refractivity contribution in [2.45, 2.75) is 59.3 Å². The minimum absolute atomic E-state index is 0.126. The molecular formula is C17H23N. The van der Waals surface area contributed by atoms with Crippen LogP contribution in [0.4, 0.5) is 0 Å². The van der Waals surface area contributed by atoms with Gasteiger partial charge in [0.15, 0.2) is 0 Å². The van der Waals surface area contributed by atoms with Crippen molar-refractivity contribution in [2.24, 2.45) is 5.41 Å². The molecule has 1 nitrogen and oxygen atoms in total. The van der Waals surface area contributed by atoms with Crippen LogP contribution in [0.1, 0.15) is 62.3 Å². The minimum atomic E-state index is -0.126. The first-order valence-corrected chi connectivity index (χ1v) is 6.72. The van der Waals surface area contributed by atoms with Crippen molar-refractivity contribution in [1.82, 2.24) is 0 Å². The van der Waals surface area contributed by atoms with Gasteiger partial charge in [0, 0.05) is 5.92 Å². The van der Waals surface area contributed by atoms with Crippen molar-refractivity contribution in [3.8, 4) is 6.07 Å². The summed E-state index contributed by atoms with van der Waals surface area (Å²) in [5, 5.41) is 9.21. The first-order chi connectivity index (χ1) is 8.19. The molecule has 2 atom stereocenters. The second-order valence-electron chi connectivity index (χ2n) is 7.06. The van der Waals surface area contributed by atoms with Crippen LogP contribution in [0, 0.1) is 30.6 Å². The summed E-state index contributed by atoms with van der Waals surface area (Å²) in [7, 11) is 0. The van der Waals surface area contributed by atoms with E-state index in [1.54, 1.807) is 0 Å². The van der Waals surface area contributed by atoms with Gasteiger partial charge in [-0.25, -0.2) is 0 Å². The summed E-state index contributed by atoms with van der Waals surface area (Å²) in [6.45, 7) is 13.2. The Bertz CT molecular complexity index is 505. The molecule has 1 aromatic carbocycles. The van der Waals surface area contributed by atoms with Gasteiger partial charge in [0.2, 0.25) is 0 Å². The summed E-state index contributed by atoms with van der Waals surface area (Å²) >= 11 is 0. The van der Waals surface area contributed by atoms with Crippen LogP contribution in [0.25, 0.3) is 0 Å². The average molecular weight is 241 g/mol. The number of nitrogens with zero attached hydrogens (tertiary/aromatic N) is 1. The molecule has 1 heteroatoms. The van der Waals surface area contributed by atoms with Crippen molar-refractivity contribution in [2.75, 3.05) is 0 Å². The maximum absolute atomic E-state index is 9.21. The van der Waals surface area contributed by atoms with Crippen molar-refractivity contribution >= 4 is 0 Å². The van der Waals surface area contributed by atoms with Gasteiger partial charge in [-0.2, -0.15) is 5.26 Å². The van der Waals surface area contributed by atoms with Crippen LogP contribution in [0.3, 0.4) is 0 Å². The highest BCUT2D eigenvalue weighted by Crippen LogP contribution is 2.60. The molecule has 0 amide bonds. The lowest BCUT2D eigenvalue weighted by atomic mass is 9.82. The van der Waals surface area contributed by atoms with E-state index in [0.29, 0.717) is 5.92 Å². The predicted molar refractivity (Wildman–Crippen MR) is 75.7 cm³/mol. The molecule has 96 valence electrons. The number of aryl methyl sites for hydroxylation is 2. The molecule has 0 saturated heterocycles. The van der Waals surface area contributed by atoms with Crippen LogP contribution in [0.15, 0.2) is 12.1 Å². The lowest BCUT2D eigenvalue weighted by Crippen LogP contribution is -2.12. The van der Waals surface area contributed by atoms with Gasteiger partial charge in [-0.15, -0.1) is 0 Å². The van der Waals surface area contributed by atoms with E-state index in [0.717, 1.165) is 6.42 Å². The Morgan fingerprint density at radius 3 is 2.06 bits per heavy atom. The van der Waals surface area contributed by atoms with E-state index < -0.39 is 0 Å². The third-order valence-corrected chi connectivity index (χ3v) is 4.30.